The Balaban J connectivity index is 2.09. The zero-order valence-electron chi connectivity index (χ0n) is 11.6. The van der Waals surface area contributed by atoms with E-state index in [4.69, 9.17) is 19.2 Å². The van der Waals surface area contributed by atoms with Gasteiger partial charge in [-0.2, -0.15) is 5.26 Å². The topological polar surface area (TPSA) is 72.5 Å². The van der Waals surface area contributed by atoms with Crippen LogP contribution in [0.3, 0.4) is 0 Å². The molecule has 5 nitrogen and oxygen atoms in total. The molecule has 1 heterocycles. The number of methoxy groups -OCH3 is 1. The van der Waals surface area contributed by atoms with Gasteiger partial charge >= 0.3 is 5.97 Å². The molecule has 106 valence electrons. The summed E-state index contributed by atoms with van der Waals surface area (Å²) in [7, 11) is 1.44. The average molecular weight is 283 g/mol. The van der Waals surface area contributed by atoms with Crippen LogP contribution in [-0.4, -0.2) is 13.1 Å². The second-order valence-corrected chi connectivity index (χ2v) is 4.18. The van der Waals surface area contributed by atoms with Crippen LogP contribution in [0.15, 0.2) is 40.8 Å². The quantitative estimate of drug-likeness (QED) is 0.490. The predicted molar refractivity (Wildman–Crippen MR) is 75.8 cm³/mol. The van der Waals surface area contributed by atoms with Crippen LogP contribution in [0.4, 0.5) is 0 Å². The molecule has 2 aromatic rings. The van der Waals surface area contributed by atoms with Crippen LogP contribution in [-0.2, 0) is 4.79 Å². The minimum Gasteiger partial charge on any atom is -0.493 e. The largest absolute Gasteiger partial charge is 0.493 e. The molecule has 0 N–H and O–H groups in total. The Hall–Kier alpha value is -3.00. The highest BCUT2D eigenvalue weighted by atomic mass is 16.6. The molecule has 1 aromatic carbocycles. The Morgan fingerprint density at radius 3 is 2.71 bits per heavy atom. The molecule has 0 saturated heterocycles. The van der Waals surface area contributed by atoms with Gasteiger partial charge in [-0.1, -0.05) is 0 Å². The van der Waals surface area contributed by atoms with Crippen molar-refractivity contribution in [1.29, 1.82) is 5.26 Å². The van der Waals surface area contributed by atoms with Crippen molar-refractivity contribution in [2.24, 2.45) is 0 Å². The van der Waals surface area contributed by atoms with Crippen molar-refractivity contribution >= 4 is 12.0 Å². The van der Waals surface area contributed by atoms with E-state index in [1.807, 2.05) is 13.0 Å². The van der Waals surface area contributed by atoms with E-state index in [9.17, 15) is 4.79 Å². The lowest BCUT2D eigenvalue weighted by Crippen LogP contribution is -2.05. The number of hydrogen-bond acceptors (Lipinski definition) is 5. The predicted octanol–water partition coefficient (Wildman–Crippen LogP) is 3.09. The lowest BCUT2D eigenvalue weighted by atomic mass is 10.2. The molecule has 0 aliphatic carbocycles. The van der Waals surface area contributed by atoms with Crippen molar-refractivity contribution in [2.45, 2.75) is 6.92 Å². The molecule has 0 spiro atoms. The number of rotatable bonds is 4. The van der Waals surface area contributed by atoms with Crippen molar-refractivity contribution in [3.8, 4) is 17.6 Å². The van der Waals surface area contributed by atoms with E-state index in [-0.39, 0.29) is 5.75 Å². The number of aryl methyl sites for hydroxylation is 1. The summed E-state index contributed by atoms with van der Waals surface area (Å²) >= 11 is 0. The van der Waals surface area contributed by atoms with Gasteiger partial charge in [0.1, 0.15) is 11.5 Å². The summed E-state index contributed by atoms with van der Waals surface area (Å²) in [6.07, 6.45) is 2.78. The Labute approximate surface area is 122 Å². The zero-order valence-corrected chi connectivity index (χ0v) is 11.6. The van der Waals surface area contributed by atoms with E-state index in [0.29, 0.717) is 17.1 Å². The van der Waals surface area contributed by atoms with Crippen LogP contribution >= 0.6 is 0 Å². The molecule has 1 aromatic heterocycles. The zero-order chi connectivity index (χ0) is 15.2. The monoisotopic (exact) mass is 283 g/mol. The van der Waals surface area contributed by atoms with Crippen LogP contribution in [0.25, 0.3) is 6.08 Å². The molecule has 2 rings (SSSR count). The fourth-order valence-electron chi connectivity index (χ4n) is 1.66. The number of nitrogens with zero attached hydrogens (tertiary/aromatic N) is 1. The van der Waals surface area contributed by atoms with Gasteiger partial charge in [0.05, 0.1) is 18.7 Å². The number of nitriles is 1. The molecule has 21 heavy (non-hydrogen) atoms. The lowest BCUT2D eigenvalue weighted by molar-refractivity contribution is -0.129. The van der Waals surface area contributed by atoms with Crippen molar-refractivity contribution in [1.82, 2.24) is 0 Å². The molecule has 0 aliphatic heterocycles. The molecule has 0 saturated carbocycles. The first-order valence-corrected chi connectivity index (χ1v) is 6.17. The molecule has 0 fully saturated rings. The first kappa shape index (κ1) is 14.4. The fraction of sp³-hybridized carbons (Fsp3) is 0.125. The first-order valence-electron chi connectivity index (χ1n) is 6.17. The van der Waals surface area contributed by atoms with Crippen molar-refractivity contribution < 1.29 is 18.7 Å². The Bertz CT molecular complexity index is 722. The summed E-state index contributed by atoms with van der Waals surface area (Å²) in [6, 6.07) is 10.1. The van der Waals surface area contributed by atoms with Crippen LogP contribution in [0.2, 0.25) is 0 Å². The number of benzene rings is 1. The Kier molecular flexibility index (Phi) is 4.42. The molecule has 0 unspecified atom stereocenters. The van der Waals surface area contributed by atoms with Crippen LogP contribution in [0, 0.1) is 18.3 Å². The van der Waals surface area contributed by atoms with Gasteiger partial charge in [0.15, 0.2) is 11.5 Å². The maximum Gasteiger partial charge on any atom is 0.336 e. The van der Waals surface area contributed by atoms with Gasteiger partial charge in [-0.25, -0.2) is 4.79 Å². The minimum absolute atomic E-state index is 0.252. The summed E-state index contributed by atoms with van der Waals surface area (Å²) in [5.41, 5.74) is 0.424. The third-order valence-electron chi connectivity index (χ3n) is 2.65. The first-order chi connectivity index (χ1) is 10.1. The fourth-order valence-corrected chi connectivity index (χ4v) is 1.66. The number of ether oxygens (including phenoxy) is 2. The Morgan fingerprint density at radius 1 is 1.29 bits per heavy atom. The second-order valence-electron chi connectivity index (χ2n) is 4.18. The average Bonchev–Trinajstić information content (AvgIpc) is 2.91. The normalized spacial score (nSPS) is 10.3. The third-order valence-corrected chi connectivity index (χ3v) is 2.65. The highest BCUT2D eigenvalue weighted by Gasteiger charge is 2.09. The van der Waals surface area contributed by atoms with Gasteiger partial charge in [0, 0.05) is 12.1 Å². The number of carbonyl (C=O) groups is 1. The summed E-state index contributed by atoms with van der Waals surface area (Å²) in [6.45, 7) is 1.82. The SMILES string of the molecule is COc1cc(C#N)ccc1OC(=O)/C=C/c1ccc(C)o1. The summed E-state index contributed by atoms with van der Waals surface area (Å²) < 4.78 is 15.6. The summed E-state index contributed by atoms with van der Waals surface area (Å²) in [5, 5.41) is 8.81. The van der Waals surface area contributed by atoms with Crippen LogP contribution in [0.5, 0.6) is 11.5 Å². The summed E-state index contributed by atoms with van der Waals surface area (Å²) in [5.74, 6) is 1.34. The van der Waals surface area contributed by atoms with E-state index in [0.717, 1.165) is 5.76 Å². The highest BCUT2D eigenvalue weighted by molar-refractivity contribution is 5.88. The standard InChI is InChI=1S/C16H13NO4/c1-11-3-5-13(20-11)6-8-16(18)21-14-7-4-12(10-17)9-15(14)19-2/h3-9H,1-2H3/b8-6+. The van der Waals surface area contributed by atoms with Gasteiger partial charge < -0.3 is 13.9 Å². The molecular weight excluding hydrogens is 270 g/mol. The molecule has 0 atom stereocenters. The van der Waals surface area contributed by atoms with E-state index in [1.165, 1.54) is 31.4 Å². The molecule has 0 aliphatic rings. The van der Waals surface area contributed by atoms with Gasteiger partial charge in [0.2, 0.25) is 0 Å². The number of hydrogen-bond donors (Lipinski definition) is 0. The van der Waals surface area contributed by atoms with E-state index >= 15 is 0 Å². The van der Waals surface area contributed by atoms with Crippen molar-refractivity contribution in [3.05, 3.63) is 53.5 Å². The molecule has 5 heteroatoms. The molecule has 0 bridgehead atoms. The molecule has 0 radical (unpaired) electrons. The maximum absolute atomic E-state index is 11.7. The van der Waals surface area contributed by atoms with Gasteiger partial charge in [-0.3, -0.25) is 0 Å². The van der Waals surface area contributed by atoms with Crippen LogP contribution < -0.4 is 9.47 Å². The van der Waals surface area contributed by atoms with E-state index < -0.39 is 5.97 Å². The number of esters is 1. The maximum atomic E-state index is 11.7. The van der Waals surface area contributed by atoms with Gasteiger partial charge in [-0.05, 0) is 37.3 Å². The lowest BCUT2D eigenvalue weighted by Gasteiger charge is -2.07. The number of carbonyl (C=O) groups excluding carboxylic acids is 1. The molecule has 0 amide bonds. The van der Waals surface area contributed by atoms with E-state index in [2.05, 4.69) is 0 Å². The third kappa shape index (κ3) is 3.74. The van der Waals surface area contributed by atoms with Crippen molar-refractivity contribution in [2.75, 3.05) is 7.11 Å². The summed E-state index contributed by atoms with van der Waals surface area (Å²) in [4.78, 5) is 11.7. The smallest absolute Gasteiger partial charge is 0.336 e. The van der Waals surface area contributed by atoms with Crippen LogP contribution in [0.1, 0.15) is 17.1 Å². The molecular formula is C16H13NO4. The van der Waals surface area contributed by atoms with Crippen molar-refractivity contribution in [3.63, 3.8) is 0 Å². The second kappa shape index (κ2) is 6.44. The highest BCUT2D eigenvalue weighted by Crippen LogP contribution is 2.28. The van der Waals surface area contributed by atoms with Gasteiger partial charge in [0.25, 0.3) is 0 Å². The minimum atomic E-state index is -0.563. The Morgan fingerprint density at radius 2 is 2.10 bits per heavy atom. The van der Waals surface area contributed by atoms with E-state index in [1.54, 1.807) is 18.2 Å². The number of furan rings is 1. The van der Waals surface area contributed by atoms with Gasteiger partial charge in [-0.15, -0.1) is 0 Å².